The number of hydrogen-bond acceptors (Lipinski definition) is 3. The molecule has 5 heteroatoms. The van der Waals surface area contributed by atoms with Crippen molar-refractivity contribution >= 4 is 28.3 Å². The van der Waals surface area contributed by atoms with E-state index < -0.39 is 16.6 Å². The average molecular weight is 495 g/mol. The average Bonchev–Trinajstić information content (AvgIpc) is 2.71. The summed E-state index contributed by atoms with van der Waals surface area (Å²) >= 11 is 0. The van der Waals surface area contributed by atoms with Crippen molar-refractivity contribution in [3.63, 3.8) is 0 Å². The topological polar surface area (TPSA) is 27.7 Å². The maximum absolute atomic E-state index is 6.49. The van der Waals surface area contributed by atoms with Crippen molar-refractivity contribution in [1.82, 2.24) is 0 Å². The molecule has 0 aliphatic carbocycles. The molecule has 2 aromatic rings. The summed E-state index contributed by atoms with van der Waals surface area (Å²) in [6, 6.07) is 14.6. The van der Waals surface area contributed by atoms with E-state index in [0.29, 0.717) is 0 Å². The number of hydrogen-bond donors (Lipinski definition) is 0. The molecule has 34 heavy (non-hydrogen) atoms. The summed E-state index contributed by atoms with van der Waals surface area (Å²) in [5.41, 5.74) is 3.26. The van der Waals surface area contributed by atoms with Crippen LogP contribution in [0.4, 0.5) is 0 Å². The standard InChI is InChI=1S/C29H42O3Si2/c1-12-26-25(21-13-16-23(17-14-21)31-33(8,9)28(2,3)4)19-22-15-18-24(20-27(22)30-26)32-34(10,11)29(5,6)7/h12-20,26H,1H2,2-11H3. The number of fused-ring (bicyclic) bond motifs is 1. The summed E-state index contributed by atoms with van der Waals surface area (Å²) in [5.74, 6) is 2.63. The van der Waals surface area contributed by atoms with Crippen molar-refractivity contribution in [3.8, 4) is 17.2 Å². The first-order chi connectivity index (χ1) is 15.5. The molecule has 0 saturated carbocycles. The van der Waals surface area contributed by atoms with Crippen molar-refractivity contribution in [2.45, 2.75) is 83.9 Å². The second-order valence-corrected chi connectivity index (χ2v) is 21.8. The van der Waals surface area contributed by atoms with Gasteiger partial charge >= 0.3 is 0 Å². The molecule has 1 atom stereocenters. The van der Waals surface area contributed by atoms with E-state index in [1.807, 2.05) is 12.1 Å². The Morgan fingerprint density at radius 2 is 1.29 bits per heavy atom. The van der Waals surface area contributed by atoms with E-state index in [1.165, 1.54) is 0 Å². The Hall–Kier alpha value is -2.25. The smallest absolute Gasteiger partial charge is 0.250 e. The fourth-order valence-corrected chi connectivity index (χ4v) is 5.34. The van der Waals surface area contributed by atoms with Gasteiger partial charge in [-0.15, -0.1) is 0 Å². The molecule has 0 spiro atoms. The minimum atomic E-state index is -1.92. The third kappa shape index (κ3) is 5.52. The molecule has 1 unspecified atom stereocenters. The van der Waals surface area contributed by atoms with Crippen LogP contribution < -0.4 is 13.6 Å². The highest BCUT2D eigenvalue weighted by Crippen LogP contribution is 2.42. The number of benzene rings is 2. The molecule has 0 amide bonds. The van der Waals surface area contributed by atoms with Gasteiger partial charge in [0.05, 0.1) is 0 Å². The molecular weight excluding hydrogens is 452 g/mol. The minimum absolute atomic E-state index is 0.140. The first kappa shape index (κ1) is 26.4. The summed E-state index contributed by atoms with van der Waals surface area (Å²) in [4.78, 5) is 0. The lowest BCUT2D eigenvalue weighted by molar-refractivity contribution is 0.300. The molecule has 0 saturated heterocycles. The van der Waals surface area contributed by atoms with Crippen molar-refractivity contribution in [1.29, 1.82) is 0 Å². The summed E-state index contributed by atoms with van der Waals surface area (Å²) in [7, 11) is -3.79. The van der Waals surface area contributed by atoms with E-state index in [0.717, 1.165) is 33.9 Å². The van der Waals surface area contributed by atoms with Crippen LogP contribution in [0, 0.1) is 0 Å². The zero-order chi connectivity index (χ0) is 25.5. The lowest BCUT2D eigenvalue weighted by Gasteiger charge is -2.37. The Bertz CT molecular complexity index is 1070. The Morgan fingerprint density at radius 1 is 0.794 bits per heavy atom. The fourth-order valence-electron chi connectivity index (χ4n) is 3.28. The van der Waals surface area contributed by atoms with Crippen LogP contribution in [0.3, 0.4) is 0 Å². The first-order valence-corrected chi connectivity index (χ1v) is 18.0. The Balaban J connectivity index is 1.87. The number of rotatable bonds is 6. The summed E-state index contributed by atoms with van der Waals surface area (Å²) < 4.78 is 19.3. The van der Waals surface area contributed by atoms with Crippen LogP contribution in [0.2, 0.25) is 36.3 Å². The van der Waals surface area contributed by atoms with Gasteiger partial charge in [-0.1, -0.05) is 60.3 Å². The highest BCUT2D eigenvalue weighted by Gasteiger charge is 2.40. The second kappa shape index (κ2) is 9.08. The lowest BCUT2D eigenvalue weighted by Crippen LogP contribution is -2.43. The Labute approximate surface area is 209 Å². The molecule has 1 aliphatic rings. The SMILES string of the molecule is C=CC1Oc2cc(O[Si](C)(C)C(C)(C)C)ccc2C=C1c1ccc(O[Si](C)(C)C(C)(C)C)cc1. The van der Waals surface area contributed by atoms with E-state index in [4.69, 9.17) is 13.6 Å². The molecule has 0 N–H and O–H groups in total. The van der Waals surface area contributed by atoms with E-state index in [9.17, 15) is 0 Å². The maximum Gasteiger partial charge on any atom is 0.250 e. The van der Waals surface area contributed by atoms with Crippen molar-refractivity contribution in [3.05, 3.63) is 66.2 Å². The quantitative estimate of drug-likeness (QED) is 0.296. The van der Waals surface area contributed by atoms with Gasteiger partial charge in [-0.05, 0) is 78.2 Å². The lowest BCUT2D eigenvalue weighted by atomic mass is 9.95. The molecule has 184 valence electrons. The van der Waals surface area contributed by atoms with Crippen LogP contribution in [0.5, 0.6) is 17.2 Å². The molecule has 3 nitrogen and oxygen atoms in total. The van der Waals surface area contributed by atoms with Gasteiger partial charge in [0.15, 0.2) is 0 Å². The first-order valence-electron chi connectivity index (χ1n) is 12.2. The third-order valence-corrected chi connectivity index (χ3v) is 16.3. The molecule has 0 fully saturated rings. The molecule has 1 aliphatic heterocycles. The zero-order valence-corrected chi connectivity index (χ0v) is 24.7. The summed E-state index contributed by atoms with van der Waals surface area (Å²) in [6.07, 6.45) is 3.84. The van der Waals surface area contributed by atoms with Crippen LogP contribution in [0.25, 0.3) is 11.6 Å². The van der Waals surface area contributed by atoms with Gasteiger partial charge in [0, 0.05) is 17.2 Å². The normalized spacial score (nSPS) is 16.8. The maximum atomic E-state index is 6.49. The van der Waals surface area contributed by atoms with Crippen LogP contribution in [-0.4, -0.2) is 22.7 Å². The highest BCUT2D eigenvalue weighted by atomic mass is 28.4. The molecular formula is C29H42O3Si2. The predicted molar refractivity (Wildman–Crippen MR) is 151 cm³/mol. The summed E-state index contributed by atoms with van der Waals surface area (Å²) in [5, 5.41) is 0.303. The van der Waals surface area contributed by atoms with E-state index in [-0.39, 0.29) is 16.2 Å². The molecule has 2 aromatic carbocycles. The zero-order valence-electron chi connectivity index (χ0n) is 22.7. The van der Waals surface area contributed by atoms with Gasteiger partial charge < -0.3 is 13.6 Å². The van der Waals surface area contributed by atoms with Gasteiger partial charge in [-0.25, -0.2) is 0 Å². The third-order valence-electron chi connectivity index (χ3n) is 7.62. The van der Waals surface area contributed by atoms with Crippen LogP contribution in [0.15, 0.2) is 55.1 Å². The second-order valence-electron chi connectivity index (χ2n) is 12.3. The highest BCUT2D eigenvalue weighted by molar-refractivity contribution is 6.75. The predicted octanol–water partition coefficient (Wildman–Crippen LogP) is 8.94. The van der Waals surface area contributed by atoms with E-state index in [2.05, 4.69) is 117 Å². The van der Waals surface area contributed by atoms with E-state index >= 15 is 0 Å². The molecule has 3 rings (SSSR count). The molecule has 0 radical (unpaired) electrons. The summed E-state index contributed by atoms with van der Waals surface area (Å²) in [6.45, 7) is 26.6. The Kier molecular flexibility index (Phi) is 7.04. The van der Waals surface area contributed by atoms with Crippen molar-refractivity contribution in [2.75, 3.05) is 0 Å². The van der Waals surface area contributed by atoms with Crippen LogP contribution in [-0.2, 0) is 0 Å². The van der Waals surface area contributed by atoms with Crippen LogP contribution in [0.1, 0.15) is 52.7 Å². The van der Waals surface area contributed by atoms with Gasteiger partial charge in [-0.3, -0.25) is 0 Å². The molecule has 0 bridgehead atoms. The van der Waals surface area contributed by atoms with Gasteiger partial charge in [0.2, 0.25) is 16.6 Å². The molecule has 1 heterocycles. The minimum Gasteiger partial charge on any atom is -0.544 e. The fraction of sp³-hybridized carbons (Fsp3) is 0.448. The van der Waals surface area contributed by atoms with Crippen LogP contribution >= 0.6 is 0 Å². The van der Waals surface area contributed by atoms with E-state index in [1.54, 1.807) is 0 Å². The number of ether oxygens (including phenoxy) is 1. The Morgan fingerprint density at radius 3 is 1.79 bits per heavy atom. The van der Waals surface area contributed by atoms with Gasteiger partial charge in [0.25, 0.3) is 0 Å². The van der Waals surface area contributed by atoms with Crippen molar-refractivity contribution in [2.24, 2.45) is 0 Å². The molecule has 0 aromatic heterocycles. The van der Waals surface area contributed by atoms with Gasteiger partial charge in [0.1, 0.15) is 23.4 Å². The monoisotopic (exact) mass is 494 g/mol. The van der Waals surface area contributed by atoms with Gasteiger partial charge in [-0.2, -0.15) is 0 Å². The van der Waals surface area contributed by atoms with Crippen molar-refractivity contribution < 1.29 is 13.6 Å². The largest absolute Gasteiger partial charge is 0.544 e.